The Morgan fingerprint density at radius 2 is 2.09 bits per heavy atom. The van der Waals surface area contributed by atoms with Crippen LogP contribution in [0.4, 0.5) is 0 Å². The summed E-state index contributed by atoms with van der Waals surface area (Å²) in [6.45, 7) is 1.73. The fraction of sp³-hybridized carbons (Fsp3) is 0.611. The second kappa shape index (κ2) is 6.30. The van der Waals surface area contributed by atoms with Gasteiger partial charge in [0, 0.05) is 36.5 Å². The molecule has 2 aromatic heterocycles. The lowest BCUT2D eigenvalue weighted by molar-refractivity contribution is -0.133. The average Bonchev–Trinajstić information content (AvgIpc) is 3.25. The summed E-state index contributed by atoms with van der Waals surface area (Å²) in [6.07, 6.45) is 9.80. The molecule has 1 unspecified atom stereocenters. The molecule has 2 aliphatic rings. The molecule has 1 aliphatic heterocycles. The Hall–Kier alpha value is -1.91. The number of nitrogens with one attached hydrogen (secondary N) is 1. The van der Waals surface area contributed by atoms with Gasteiger partial charge in [0.2, 0.25) is 5.91 Å². The van der Waals surface area contributed by atoms with Crippen LogP contribution < -0.4 is 0 Å². The first kappa shape index (κ1) is 14.7. The van der Waals surface area contributed by atoms with Gasteiger partial charge in [0.25, 0.3) is 0 Å². The van der Waals surface area contributed by atoms with Gasteiger partial charge in [0.1, 0.15) is 0 Å². The molecule has 0 aromatic carbocycles. The summed E-state index contributed by atoms with van der Waals surface area (Å²) in [5.74, 6) is 1.33. The van der Waals surface area contributed by atoms with Gasteiger partial charge in [0.15, 0.2) is 5.65 Å². The molecule has 2 aromatic rings. The third kappa shape index (κ3) is 3.09. The SMILES string of the molecule is O=C(CC1CCCC1)N1CCCC(c2ccc3cn[nH]c3n2)C1. The number of pyridine rings is 1. The van der Waals surface area contributed by atoms with E-state index in [1.807, 2.05) is 0 Å². The molecule has 1 N–H and O–H groups in total. The van der Waals surface area contributed by atoms with Crippen molar-refractivity contribution in [3.05, 3.63) is 24.0 Å². The highest BCUT2D eigenvalue weighted by Crippen LogP contribution is 2.31. The predicted molar refractivity (Wildman–Crippen MR) is 89.0 cm³/mol. The summed E-state index contributed by atoms with van der Waals surface area (Å²) in [5, 5.41) is 8.02. The number of piperidine rings is 1. The fourth-order valence-electron chi connectivity index (χ4n) is 4.10. The molecule has 4 rings (SSSR count). The highest BCUT2D eigenvalue weighted by Gasteiger charge is 2.28. The number of amides is 1. The first-order valence-electron chi connectivity index (χ1n) is 8.87. The van der Waals surface area contributed by atoms with Gasteiger partial charge in [-0.15, -0.1) is 0 Å². The lowest BCUT2D eigenvalue weighted by Gasteiger charge is -2.33. The minimum absolute atomic E-state index is 0.351. The Balaban J connectivity index is 1.44. The number of aromatic nitrogens is 3. The van der Waals surface area contributed by atoms with Crippen LogP contribution in [0.1, 0.15) is 56.6 Å². The molecule has 1 atom stereocenters. The Morgan fingerprint density at radius 1 is 1.22 bits per heavy atom. The van der Waals surface area contributed by atoms with E-state index in [4.69, 9.17) is 4.98 Å². The molecule has 0 spiro atoms. The monoisotopic (exact) mass is 312 g/mol. The molecule has 1 aliphatic carbocycles. The average molecular weight is 312 g/mol. The van der Waals surface area contributed by atoms with Gasteiger partial charge in [0.05, 0.1) is 6.20 Å². The summed E-state index contributed by atoms with van der Waals surface area (Å²) < 4.78 is 0. The van der Waals surface area contributed by atoms with Crippen LogP contribution in [0.3, 0.4) is 0 Å². The maximum atomic E-state index is 12.6. The smallest absolute Gasteiger partial charge is 0.222 e. The number of carbonyl (C=O) groups is 1. The third-order valence-electron chi connectivity index (χ3n) is 5.45. The summed E-state index contributed by atoms with van der Waals surface area (Å²) in [6, 6.07) is 4.16. The molecule has 23 heavy (non-hydrogen) atoms. The second-order valence-corrected chi connectivity index (χ2v) is 7.08. The van der Waals surface area contributed by atoms with E-state index in [2.05, 4.69) is 27.2 Å². The third-order valence-corrected chi connectivity index (χ3v) is 5.45. The van der Waals surface area contributed by atoms with Crippen molar-refractivity contribution in [2.24, 2.45) is 5.92 Å². The minimum atomic E-state index is 0.351. The summed E-state index contributed by atoms with van der Waals surface area (Å²) in [4.78, 5) is 19.4. The first-order chi connectivity index (χ1) is 11.3. The zero-order valence-electron chi connectivity index (χ0n) is 13.5. The molecule has 2 fully saturated rings. The molecule has 5 nitrogen and oxygen atoms in total. The lowest BCUT2D eigenvalue weighted by Crippen LogP contribution is -2.39. The Kier molecular flexibility index (Phi) is 4.02. The number of rotatable bonds is 3. The van der Waals surface area contributed by atoms with Gasteiger partial charge in [-0.1, -0.05) is 12.8 Å². The number of carbonyl (C=O) groups excluding carboxylic acids is 1. The van der Waals surface area contributed by atoms with Gasteiger partial charge in [-0.3, -0.25) is 9.89 Å². The first-order valence-corrected chi connectivity index (χ1v) is 8.87. The van der Waals surface area contributed by atoms with Crippen LogP contribution in [0.5, 0.6) is 0 Å². The van der Waals surface area contributed by atoms with Crippen molar-refractivity contribution in [3.8, 4) is 0 Å². The van der Waals surface area contributed by atoms with E-state index in [9.17, 15) is 4.79 Å². The van der Waals surface area contributed by atoms with E-state index in [0.29, 0.717) is 17.7 Å². The summed E-state index contributed by atoms with van der Waals surface area (Å²) >= 11 is 0. The molecular weight excluding hydrogens is 288 g/mol. The molecule has 1 amide bonds. The standard InChI is InChI=1S/C18H24N4O/c23-17(10-13-4-1-2-5-13)22-9-3-6-15(12-22)16-8-7-14-11-19-21-18(14)20-16/h7-8,11,13,15H,1-6,9-10,12H2,(H,19,20,21). The highest BCUT2D eigenvalue weighted by molar-refractivity contribution is 5.77. The topological polar surface area (TPSA) is 61.9 Å². The van der Waals surface area contributed by atoms with Crippen molar-refractivity contribution in [2.45, 2.75) is 50.9 Å². The van der Waals surface area contributed by atoms with Crippen molar-refractivity contribution in [1.29, 1.82) is 0 Å². The molecule has 0 bridgehead atoms. The molecule has 1 saturated carbocycles. The van der Waals surface area contributed by atoms with Gasteiger partial charge in [-0.05, 0) is 43.7 Å². The quantitative estimate of drug-likeness (QED) is 0.946. The number of nitrogens with zero attached hydrogens (tertiary/aromatic N) is 3. The highest BCUT2D eigenvalue weighted by atomic mass is 16.2. The largest absolute Gasteiger partial charge is 0.342 e. The summed E-state index contributed by atoms with van der Waals surface area (Å²) in [5.41, 5.74) is 1.93. The van der Waals surface area contributed by atoms with Gasteiger partial charge >= 0.3 is 0 Å². The van der Waals surface area contributed by atoms with Crippen LogP contribution in [0, 0.1) is 5.92 Å². The number of fused-ring (bicyclic) bond motifs is 1. The van der Waals surface area contributed by atoms with Crippen molar-refractivity contribution in [3.63, 3.8) is 0 Å². The molecule has 3 heterocycles. The number of hydrogen-bond acceptors (Lipinski definition) is 3. The van der Waals surface area contributed by atoms with Crippen molar-refractivity contribution in [1.82, 2.24) is 20.1 Å². The Bertz CT molecular complexity index is 689. The number of likely N-dealkylation sites (tertiary alicyclic amines) is 1. The van der Waals surface area contributed by atoms with Crippen LogP contribution >= 0.6 is 0 Å². The van der Waals surface area contributed by atoms with Crippen LogP contribution in [0.15, 0.2) is 18.3 Å². The van der Waals surface area contributed by atoms with Crippen LogP contribution in [0.2, 0.25) is 0 Å². The fourth-order valence-corrected chi connectivity index (χ4v) is 4.10. The predicted octanol–water partition coefficient (Wildman–Crippen LogP) is 3.24. The van der Waals surface area contributed by atoms with E-state index >= 15 is 0 Å². The van der Waals surface area contributed by atoms with Crippen molar-refractivity contribution in [2.75, 3.05) is 13.1 Å². The molecule has 0 radical (unpaired) electrons. The van der Waals surface area contributed by atoms with Crippen molar-refractivity contribution >= 4 is 16.9 Å². The van der Waals surface area contributed by atoms with Gasteiger partial charge in [-0.2, -0.15) is 5.10 Å². The zero-order chi connectivity index (χ0) is 15.6. The molecule has 122 valence electrons. The lowest BCUT2D eigenvalue weighted by atomic mass is 9.93. The normalized spacial score (nSPS) is 22.8. The summed E-state index contributed by atoms with van der Waals surface area (Å²) in [7, 11) is 0. The Morgan fingerprint density at radius 3 is 2.96 bits per heavy atom. The number of aromatic amines is 1. The van der Waals surface area contributed by atoms with E-state index in [1.54, 1.807) is 6.20 Å². The number of hydrogen-bond donors (Lipinski definition) is 1. The molecule has 1 saturated heterocycles. The van der Waals surface area contributed by atoms with E-state index < -0.39 is 0 Å². The maximum Gasteiger partial charge on any atom is 0.222 e. The van der Waals surface area contributed by atoms with Crippen LogP contribution in [0.25, 0.3) is 11.0 Å². The second-order valence-electron chi connectivity index (χ2n) is 7.08. The van der Waals surface area contributed by atoms with Gasteiger partial charge < -0.3 is 4.90 Å². The van der Waals surface area contributed by atoms with E-state index in [0.717, 1.165) is 49.1 Å². The van der Waals surface area contributed by atoms with E-state index in [-0.39, 0.29) is 0 Å². The molecular formula is C18H24N4O. The van der Waals surface area contributed by atoms with Crippen molar-refractivity contribution < 1.29 is 4.79 Å². The van der Waals surface area contributed by atoms with E-state index in [1.165, 1.54) is 25.7 Å². The Labute approximate surface area is 136 Å². The van der Waals surface area contributed by atoms with Gasteiger partial charge in [-0.25, -0.2) is 4.98 Å². The number of H-pyrrole nitrogens is 1. The minimum Gasteiger partial charge on any atom is -0.342 e. The van der Waals surface area contributed by atoms with Crippen LogP contribution in [-0.4, -0.2) is 39.1 Å². The maximum absolute atomic E-state index is 12.6. The molecule has 5 heteroatoms. The van der Waals surface area contributed by atoms with Crippen LogP contribution in [-0.2, 0) is 4.79 Å². The zero-order valence-corrected chi connectivity index (χ0v) is 13.5.